The van der Waals surface area contributed by atoms with E-state index in [1.54, 1.807) is 0 Å². The Morgan fingerprint density at radius 3 is 1.13 bits per heavy atom. The van der Waals surface area contributed by atoms with Gasteiger partial charge in [-0.2, -0.15) is 0 Å². The van der Waals surface area contributed by atoms with E-state index in [-0.39, 0.29) is 0 Å². The maximum atomic E-state index is 3.63. The summed E-state index contributed by atoms with van der Waals surface area (Å²) in [7, 11) is 0. The largest absolute Gasteiger partial charge is 0.315 e. The van der Waals surface area contributed by atoms with E-state index in [0.717, 1.165) is 78.5 Å². The normalized spacial score (nSPS) is 24.8. The van der Waals surface area contributed by atoms with Gasteiger partial charge in [-0.05, 0) is 97.6 Å². The second-order valence-electron chi connectivity index (χ2n) is 8.95. The highest BCUT2D eigenvalue weighted by atomic mass is 15.2. The molecule has 6 N–H and O–H groups in total. The molecule has 0 aromatic carbocycles. The summed E-state index contributed by atoms with van der Waals surface area (Å²) in [5.41, 5.74) is 0. The van der Waals surface area contributed by atoms with Gasteiger partial charge in [0.15, 0.2) is 0 Å². The summed E-state index contributed by atoms with van der Waals surface area (Å²) in [4.78, 5) is 5.35. The van der Waals surface area contributed by atoms with E-state index in [1.807, 2.05) is 0 Å². The first-order valence-corrected chi connectivity index (χ1v) is 13.1. The molecular weight excluding hydrogens is 388 g/mol. The number of nitrogens with zero attached hydrogens (tertiary/aromatic N) is 2. The lowest BCUT2D eigenvalue weighted by Crippen LogP contribution is -2.40. The zero-order valence-electron chi connectivity index (χ0n) is 20.2. The highest BCUT2D eigenvalue weighted by Crippen LogP contribution is 1.99. The number of rotatable bonds is 4. The zero-order chi connectivity index (χ0) is 21.7. The smallest absolute Gasteiger partial charge is 0.0107 e. The highest BCUT2D eigenvalue weighted by Gasteiger charge is 2.09. The molecule has 0 aromatic heterocycles. The van der Waals surface area contributed by atoms with Gasteiger partial charge in [0, 0.05) is 52.4 Å². The van der Waals surface area contributed by atoms with Crippen LogP contribution in [0.1, 0.15) is 32.1 Å². The molecule has 0 saturated carbocycles. The minimum absolute atomic E-state index is 1.08. The van der Waals surface area contributed by atoms with Crippen LogP contribution >= 0.6 is 0 Å². The Morgan fingerprint density at radius 1 is 0.355 bits per heavy atom. The molecule has 0 spiro atoms. The summed E-state index contributed by atoms with van der Waals surface area (Å²) >= 11 is 0. The summed E-state index contributed by atoms with van der Waals surface area (Å²) in [5.74, 6) is 0. The minimum atomic E-state index is 1.08. The van der Waals surface area contributed by atoms with E-state index < -0.39 is 0 Å². The van der Waals surface area contributed by atoms with Gasteiger partial charge in [0.25, 0.3) is 0 Å². The molecule has 8 nitrogen and oxygen atoms in total. The summed E-state index contributed by atoms with van der Waals surface area (Å²) in [5, 5.41) is 21.4. The fraction of sp³-hybridized carbons (Fsp3) is 1.00. The van der Waals surface area contributed by atoms with E-state index in [0.29, 0.717) is 0 Å². The van der Waals surface area contributed by atoms with Gasteiger partial charge in [0.1, 0.15) is 0 Å². The summed E-state index contributed by atoms with van der Waals surface area (Å²) in [6.07, 6.45) is 6.19. The maximum Gasteiger partial charge on any atom is 0.0107 e. The van der Waals surface area contributed by atoms with Gasteiger partial charge in [-0.3, -0.25) is 0 Å². The molecule has 0 unspecified atom stereocenters. The van der Waals surface area contributed by atoms with Crippen LogP contribution in [-0.4, -0.2) is 128 Å². The SMILES string of the molecule is C1CNCCNCCCN(CCCN2CCCNCCNCCCNCC2)CCNC1. The topological polar surface area (TPSA) is 78.7 Å². The molecule has 31 heavy (non-hydrogen) atoms. The zero-order valence-corrected chi connectivity index (χ0v) is 20.2. The molecule has 2 fully saturated rings. The quantitative estimate of drug-likeness (QED) is 0.336. The van der Waals surface area contributed by atoms with Crippen LogP contribution in [0.4, 0.5) is 0 Å². The number of hydrogen-bond acceptors (Lipinski definition) is 8. The van der Waals surface area contributed by atoms with Crippen molar-refractivity contribution in [3.8, 4) is 0 Å². The Labute approximate surface area is 192 Å². The predicted molar refractivity (Wildman–Crippen MR) is 133 cm³/mol. The van der Waals surface area contributed by atoms with Crippen molar-refractivity contribution in [1.82, 2.24) is 41.7 Å². The van der Waals surface area contributed by atoms with Crippen molar-refractivity contribution >= 4 is 0 Å². The second kappa shape index (κ2) is 20.3. The Bertz CT molecular complexity index is 323. The Morgan fingerprint density at radius 2 is 0.710 bits per heavy atom. The molecular formula is C23H52N8. The van der Waals surface area contributed by atoms with Crippen molar-refractivity contribution in [3.05, 3.63) is 0 Å². The van der Waals surface area contributed by atoms with Crippen LogP contribution in [0.3, 0.4) is 0 Å². The molecule has 2 rings (SSSR count). The van der Waals surface area contributed by atoms with Crippen LogP contribution in [0, 0.1) is 0 Å². The van der Waals surface area contributed by atoms with E-state index in [4.69, 9.17) is 0 Å². The van der Waals surface area contributed by atoms with Gasteiger partial charge >= 0.3 is 0 Å². The minimum Gasteiger partial charge on any atom is -0.315 e. The summed E-state index contributed by atoms with van der Waals surface area (Å²) in [6.45, 7) is 20.5. The molecule has 0 bridgehead atoms. The van der Waals surface area contributed by atoms with Crippen LogP contribution in [-0.2, 0) is 0 Å². The Hall–Kier alpha value is -0.320. The van der Waals surface area contributed by atoms with E-state index in [9.17, 15) is 0 Å². The third-order valence-corrected chi connectivity index (χ3v) is 6.19. The lowest BCUT2D eigenvalue weighted by atomic mass is 10.2. The first-order valence-electron chi connectivity index (χ1n) is 13.1. The van der Waals surface area contributed by atoms with Gasteiger partial charge < -0.3 is 41.7 Å². The first-order chi connectivity index (χ1) is 15.4. The van der Waals surface area contributed by atoms with Gasteiger partial charge in [-0.25, -0.2) is 0 Å². The van der Waals surface area contributed by atoms with Crippen molar-refractivity contribution in [1.29, 1.82) is 0 Å². The molecule has 8 heteroatoms. The van der Waals surface area contributed by atoms with E-state index >= 15 is 0 Å². The van der Waals surface area contributed by atoms with Crippen molar-refractivity contribution in [2.75, 3.05) is 118 Å². The molecule has 2 aliphatic rings. The monoisotopic (exact) mass is 440 g/mol. The van der Waals surface area contributed by atoms with Crippen LogP contribution in [0.5, 0.6) is 0 Å². The van der Waals surface area contributed by atoms with Gasteiger partial charge in [-0.15, -0.1) is 0 Å². The van der Waals surface area contributed by atoms with Crippen molar-refractivity contribution in [2.24, 2.45) is 0 Å². The van der Waals surface area contributed by atoms with Gasteiger partial charge in [0.2, 0.25) is 0 Å². The van der Waals surface area contributed by atoms with Crippen LogP contribution in [0.15, 0.2) is 0 Å². The van der Waals surface area contributed by atoms with Crippen molar-refractivity contribution in [3.63, 3.8) is 0 Å². The van der Waals surface area contributed by atoms with Crippen LogP contribution in [0.25, 0.3) is 0 Å². The van der Waals surface area contributed by atoms with Crippen LogP contribution in [0.2, 0.25) is 0 Å². The third-order valence-electron chi connectivity index (χ3n) is 6.19. The molecule has 0 atom stereocenters. The molecule has 2 saturated heterocycles. The van der Waals surface area contributed by atoms with E-state index in [2.05, 4.69) is 41.7 Å². The highest BCUT2D eigenvalue weighted by molar-refractivity contribution is 4.68. The molecule has 0 radical (unpaired) electrons. The molecule has 0 amide bonds. The fourth-order valence-electron chi connectivity index (χ4n) is 4.30. The van der Waals surface area contributed by atoms with E-state index in [1.165, 1.54) is 71.4 Å². The first kappa shape index (κ1) is 26.9. The maximum absolute atomic E-state index is 3.63. The second-order valence-corrected chi connectivity index (χ2v) is 8.95. The van der Waals surface area contributed by atoms with Gasteiger partial charge in [0.05, 0.1) is 0 Å². The molecule has 2 heterocycles. The standard InChI is InChI=1S/C23H52N8/c1-6-24-12-14-26-10-3-18-30(22-16-28-8-1)20-5-21-31-19-4-11-27-15-13-25-7-2-9-29-17-23-31/h24-29H,1-23H2. The fourth-order valence-corrected chi connectivity index (χ4v) is 4.30. The average molecular weight is 441 g/mol. The molecule has 2 aliphatic heterocycles. The van der Waals surface area contributed by atoms with Crippen LogP contribution < -0.4 is 31.9 Å². The molecule has 184 valence electrons. The average Bonchev–Trinajstić information content (AvgIpc) is 2.78. The Balaban J connectivity index is 1.67. The summed E-state index contributed by atoms with van der Waals surface area (Å²) < 4.78 is 0. The predicted octanol–water partition coefficient (Wildman–Crippen LogP) is -0.894. The summed E-state index contributed by atoms with van der Waals surface area (Å²) in [6, 6.07) is 0. The lowest BCUT2D eigenvalue weighted by Gasteiger charge is -2.26. The van der Waals surface area contributed by atoms with Gasteiger partial charge in [-0.1, -0.05) is 0 Å². The molecule has 0 aromatic rings. The number of nitrogens with one attached hydrogen (secondary N) is 6. The Kier molecular flexibility index (Phi) is 17.6. The molecule has 0 aliphatic carbocycles. The van der Waals surface area contributed by atoms with Crippen molar-refractivity contribution in [2.45, 2.75) is 32.1 Å². The lowest BCUT2D eigenvalue weighted by molar-refractivity contribution is 0.222. The third kappa shape index (κ3) is 16.0. The number of hydrogen-bond donors (Lipinski definition) is 6. The van der Waals surface area contributed by atoms with Crippen molar-refractivity contribution < 1.29 is 0 Å².